The van der Waals surface area contributed by atoms with Gasteiger partial charge in [-0.1, -0.05) is 20.8 Å². The third kappa shape index (κ3) is 7.97. The third-order valence-electron chi connectivity index (χ3n) is 1.37. The Morgan fingerprint density at radius 1 is 1.33 bits per heavy atom. The van der Waals surface area contributed by atoms with E-state index in [0.717, 1.165) is 0 Å². The molecule has 0 fully saturated rings. The van der Waals surface area contributed by atoms with E-state index in [0.29, 0.717) is 12.6 Å². The van der Waals surface area contributed by atoms with E-state index in [9.17, 15) is 8.42 Å². The fourth-order valence-electron chi connectivity index (χ4n) is 0.855. The largest absolute Gasteiger partial charge is 0.314 e. The Morgan fingerprint density at radius 3 is 2.17 bits per heavy atom. The Morgan fingerprint density at radius 2 is 1.83 bits per heavy atom. The first-order chi connectivity index (χ1) is 5.31. The van der Waals surface area contributed by atoms with E-state index >= 15 is 0 Å². The molecule has 5 heteroatoms. The van der Waals surface area contributed by atoms with Crippen molar-refractivity contribution in [2.24, 2.45) is 5.92 Å². The van der Waals surface area contributed by atoms with Gasteiger partial charge in [0.2, 0.25) is 0 Å². The second-order valence-electron chi connectivity index (χ2n) is 3.42. The Labute approximate surface area is 74.1 Å². The van der Waals surface area contributed by atoms with Crippen LogP contribution in [0.5, 0.6) is 0 Å². The van der Waals surface area contributed by atoms with Crippen LogP contribution in [0, 0.1) is 5.92 Å². The van der Waals surface area contributed by atoms with Crippen molar-refractivity contribution < 1.29 is 13.0 Å². The van der Waals surface area contributed by atoms with E-state index < -0.39 is 10.1 Å². The van der Waals surface area contributed by atoms with Crippen molar-refractivity contribution in [2.45, 2.75) is 26.8 Å². The van der Waals surface area contributed by atoms with Gasteiger partial charge in [-0.2, -0.15) is 8.42 Å². The molecular formula is C7H17NO3S. The highest BCUT2D eigenvalue weighted by molar-refractivity contribution is 7.85. The third-order valence-corrected chi connectivity index (χ3v) is 2.36. The lowest BCUT2D eigenvalue weighted by Gasteiger charge is -2.12. The van der Waals surface area contributed by atoms with Gasteiger partial charge < -0.3 is 5.32 Å². The van der Waals surface area contributed by atoms with Gasteiger partial charge in [0.25, 0.3) is 10.1 Å². The summed E-state index contributed by atoms with van der Waals surface area (Å²) >= 11 is 0. The zero-order chi connectivity index (χ0) is 9.78. The first kappa shape index (κ1) is 11.9. The summed E-state index contributed by atoms with van der Waals surface area (Å²) in [7, 11) is -3.81. The summed E-state index contributed by atoms with van der Waals surface area (Å²) in [5.41, 5.74) is 0. The summed E-state index contributed by atoms with van der Waals surface area (Å²) in [4.78, 5) is 0. The molecule has 0 aromatic carbocycles. The predicted octanol–water partition coefficient (Wildman–Crippen LogP) is 0.508. The van der Waals surface area contributed by atoms with Crippen LogP contribution in [-0.2, 0) is 10.1 Å². The quantitative estimate of drug-likeness (QED) is 0.627. The molecule has 74 valence electrons. The highest BCUT2D eigenvalue weighted by Crippen LogP contribution is 1.97. The summed E-state index contributed by atoms with van der Waals surface area (Å²) in [6.45, 7) is 6.36. The summed E-state index contributed by atoms with van der Waals surface area (Å²) in [6, 6.07) is 0.342. The molecule has 0 aliphatic rings. The van der Waals surface area contributed by atoms with Gasteiger partial charge in [-0.15, -0.1) is 0 Å². The molecule has 0 amide bonds. The number of rotatable bonds is 5. The van der Waals surface area contributed by atoms with Crippen molar-refractivity contribution in [2.75, 3.05) is 12.3 Å². The molecule has 0 aromatic heterocycles. The number of hydrogen-bond donors (Lipinski definition) is 2. The van der Waals surface area contributed by atoms with Crippen LogP contribution >= 0.6 is 0 Å². The molecule has 0 rings (SSSR count). The molecule has 0 aromatic rings. The van der Waals surface area contributed by atoms with Crippen LogP contribution in [-0.4, -0.2) is 31.3 Å². The van der Waals surface area contributed by atoms with Gasteiger partial charge in [0.1, 0.15) is 0 Å². The van der Waals surface area contributed by atoms with Gasteiger partial charge in [0.05, 0.1) is 5.75 Å². The van der Waals surface area contributed by atoms with E-state index in [2.05, 4.69) is 5.32 Å². The SMILES string of the molecule is CC(CNC(C)C)CS(=O)(=O)O. The van der Waals surface area contributed by atoms with E-state index in [4.69, 9.17) is 4.55 Å². The zero-order valence-corrected chi connectivity index (χ0v) is 8.56. The maximum absolute atomic E-state index is 10.4. The first-order valence-corrected chi connectivity index (χ1v) is 5.60. The van der Waals surface area contributed by atoms with Crippen LogP contribution in [0.3, 0.4) is 0 Å². The van der Waals surface area contributed by atoms with Crippen LogP contribution in [0.1, 0.15) is 20.8 Å². The van der Waals surface area contributed by atoms with Crippen LogP contribution in [0.2, 0.25) is 0 Å². The minimum atomic E-state index is -3.81. The summed E-state index contributed by atoms with van der Waals surface area (Å²) in [6.07, 6.45) is 0. The van der Waals surface area contributed by atoms with Crippen LogP contribution in [0.25, 0.3) is 0 Å². The maximum atomic E-state index is 10.4. The highest BCUT2D eigenvalue weighted by atomic mass is 32.2. The van der Waals surface area contributed by atoms with Crippen molar-refractivity contribution >= 4 is 10.1 Å². The maximum Gasteiger partial charge on any atom is 0.265 e. The summed E-state index contributed by atoms with van der Waals surface area (Å²) < 4.78 is 29.3. The zero-order valence-electron chi connectivity index (χ0n) is 7.74. The minimum Gasteiger partial charge on any atom is -0.314 e. The molecule has 2 N–H and O–H groups in total. The molecular weight excluding hydrogens is 178 g/mol. The van der Waals surface area contributed by atoms with Gasteiger partial charge in [-0.05, 0) is 12.5 Å². The van der Waals surface area contributed by atoms with Crippen molar-refractivity contribution in [1.29, 1.82) is 0 Å². The standard InChI is InChI=1S/C7H17NO3S/c1-6(2)8-4-7(3)5-12(9,10)11/h6-8H,4-5H2,1-3H3,(H,9,10,11). The van der Waals surface area contributed by atoms with Gasteiger partial charge in [-0.3, -0.25) is 4.55 Å². The van der Waals surface area contributed by atoms with E-state index in [1.165, 1.54) is 0 Å². The average molecular weight is 195 g/mol. The van der Waals surface area contributed by atoms with E-state index in [-0.39, 0.29) is 11.7 Å². The second kappa shape index (κ2) is 4.79. The molecule has 1 atom stereocenters. The van der Waals surface area contributed by atoms with Gasteiger partial charge in [0.15, 0.2) is 0 Å². The molecule has 0 spiro atoms. The Bertz CT molecular complexity index is 211. The molecule has 4 nitrogen and oxygen atoms in total. The first-order valence-electron chi connectivity index (χ1n) is 4.00. The van der Waals surface area contributed by atoms with Gasteiger partial charge >= 0.3 is 0 Å². The lowest BCUT2D eigenvalue weighted by Crippen LogP contribution is -2.30. The van der Waals surface area contributed by atoms with Crippen LogP contribution in [0.4, 0.5) is 0 Å². The normalized spacial score (nSPS) is 15.1. The molecule has 0 saturated carbocycles. The molecule has 0 bridgehead atoms. The fourth-order valence-corrected chi connectivity index (χ4v) is 1.69. The van der Waals surface area contributed by atoms with Crippen molar-refractivity contribution in [3.05, 3.63) is 0 Å². The van der Waals surface area contributed by atoms with Gasteiger partial charge in [0, 0.05) is 6.04 Å². The molecule has 0 radical (unpaired) electrons. The average Bonchev–Trinajstić information content (AvgIpc) is 1.79. The predicted molar refractivity (Wildman–Crippen MR) is 48.7 cm³/mol. The second-order valence-corrected chi connectivity index (χ2v) is 4.91. The lowest BCUT2D eigenvalue weighted by molar-refractivity contribution is 0.453. The smallest absolute Gasteiger partial charge is 0.265 e. The number of hydrogen-bond acceptors (Lipinski definition) is 3. The monoisotopic (exact) mass is 195 g/mol. The van der Waals surface area contributed by atoms with Crippen molar-refractivity contribution in [1.82, 2.24) is 5.32 Å². The lowest BCUT2D eigenvalue weighted by atomic mass is 10.2. The fraction of sp³-hybridized carbons (Fsp3) is 1.00. The molecule has 0 saturated heterocycles. The van der Waals surface area contributed by atoms with E-state index in [1.54, 1.807) is 6.92 Å². The van der Waals surface area contributed by atoms with Crippen molar-refractivity contribution in [3.63, 3.8) is 0 Å². The Balaban J connectivity index is 3.68. The summed E-state index contributed by atoms with van der Waals surface area (Å²) in [5.74, 6) is -0.227. The van der Waals surface area contributed by atoms with Crippen LogP contribution < -0.4 is 5.32 Å². The van der Waals surface area contributed by atoms with E-state index in [1.807, 2.05) is 13.8 Å². The number of nitrogens with one attached hydrogen (secondary N) is 1. The van der Waals surface area contributed by atoms with Crippen LogP contribution in [0.15, 0.2) is 0 Å². The molecule has 0 heterocycles. The van der Waals surface area contributed by atoms with Gasteiger partial charge in [-0.25, -0.2) is 0 Å². The minimum absolute atomic E-state index is 0.0533. The van der Waals surface area contributed by atoms with Crippen molar-refractivity contribution in [3.8, 4) is 0 Å². The Kier molecular flexibility index (Phi) is 4.74. The topological polar surface area (TPSA) is 66.4 Å². The summed E-state index contributed by atoms with van der Waals surface area (Å²) in [5, 5.41) is 3.09. The molecule has 12 heavy (non-hydrogen) atoms. The molecule has 1 unspecified atom stereocenters. The molecule has 0 aliphatic carbocycles. The Hall–Kier alpha value is -0.130. The molecule has 0 aliphatic heterocycles. The highest BCUT2D eigenvalue weighted by Gasteiger charge is 2.11.